The van der Waals surface area contributed by atoms with Crippen molar-refractivity contribution in [2.45, 2.75) is 25.3 Å². The number of piperidine rings is 1. The molecule has 196 valence electrons. The first-order valence-electron chi connectivity index (χ1n) is 12.9. The SMILES string of the molecule is C=CC(=O)N1CCCC(NC(=O)c2sc3nccc4c3c2NC(=O)N4c2ccc(Cc3ccccc3)cc2)C1. The Bertz CT molecular complexity index is 1580. The van der Waals surface area contributed by atoms with Crippen molar-refractivity contribution in [2.75, 3.05) is 23.3 Å². The van der Waals surface area contributed by atoms with E-state index in [-0.39, 0.29) is 23.9 Å². The Hall–Kier alpha value is -4.50. The number of amides is 4. The van der Waals surface area contributed by atoms with Gasteiger partial charge in [0.05, 0.1) is 22.4 Å². The Balaban J connectivity index is 1.27. The molecule has 1 atom stereocenters. The molecule has 8 nitrogen and oxygen atoms in total. The number of rotatable bonds is 6. The minimum atomic E-state index is -0.335. The summed E-state index contributed by atoms with van der Waals surface area (Å²) in [6, 6.07) is 19.5. The summed E-state index contributed by atoms with van der Waals surface area (Å²) < 4.78 is 0. The van der Waals surface area contributed by atoms with Crippen molar-refractivity contribution in [3.63, 3.8) is 0 Å². The fourth-order valence-electron chi connectivity index (χ4n) is 5.27. The standard InChI is InChI=1S/C30H27N5O3S/c1-2-24(36)34-16-6-9-21(18-34)32-28(37)27-26-25-23(14-15-31-29(25)39-27)35(30(38)33-26)22-12-10-20(11-13-22)17-19-7-4-3-5-8-19/h2-5,7-8,10-15,21H,1,6,9,16-18H2,(H,32,37)(H,33,38). The molecule has 0 saturated carbocycles. The van der Waals surface area contributed by atoms with E-state index in [0.29, 0.717) is 34.2 Å². The number of pyridine rings is 1. The van der Waals surface area contributed by atoms with Crippen molar-refractivity contribution in [3.8, 4) is 0 Å². The van der Waals surface area contributed by atoms with Crippen LogP contribution in [0.5, 0.6) is 0 Å². The van der Waals surface area contributed by atoms with E-state index in [0.717, 1.165) is 35.9 Å². The maximum atomic E-state index is 13.4. The highest BCUT2D eigenvalue weighted by atomic mass is 32.1. The van der Waals surface area contributed by atoms with Crippen LogP contribution in [-0.2, 0) is 11.2 Å². The van der Waals surface area contributed by atoms with Gasteiger partial charge >= 0.3 is 6.03 Å². The van der Waals surface area contributed by atoms with Gasteiger partial charge in [0.1, 0.15) is 9.71 Å². The molecule has 0 spiro atoms. The Kier molecular flexibility index (Phi) is 6.58. The second kappa shape index (κ2) is 10.3. The van der Waals surface area contributed by atoms with Crippen LogP contribution in [0.4, 0.5) is 21.9 Å². The number of hydrogen-bond donors (Lipinski definition) is 2. The van der Waals surface area contributed by atoms with Crippen molar-refractivity contribution in [1.82, 2.24) is 15.2 Å². The van der Waals surface area contributed by atoms with Crippen molar-refractivity contribution < 1.29 is 14.4 Å². The van der Waals surface area contributed by atoms with Gasteiger partial charge in [-0.3, -0.25) is 14.5 Å². The van der Waals surface area contributed by atoms with Gasteiger partial charge in [-0.15, -0.1) is 11.3 Å². The molecule has 2 N–H and O–H groups in total. The smallest absolute Gasteiger partial charge is 0.331 e. The average Bonchev–Trinajstić information content (AvgIpc) is 3.33. The van der Waals surface area contributed by atoms with Crippen LogP contribution >= 0.6 is 11.3 Å². The molecular weight excluding hydrogens is 510 g/mol. The number of hydrogen-bond acceptors (Lipinski definition) is 5. The molecule has 2 aromatic carbocycles. The summed E-state index contributed by atoms with van der Waals surface area (Å²) in [7, 11) is 0. The third-order valence-corrected chi connectivity index (χ3v) is 8.24. The summed E-state index contributed by atoms with van der Waals surface area (Å²) in [5.41, 5.74) is 4.26. The van der Waals surface area contributed by atoms with Crippen molar-refractivity contribution in [3.05, 3.63) is 95.5 Å². The molecule has 1 unspecified atom stereocenters. The number of thiophene rings is 1. The molecule has 2 aromatic heterocycles. The van der Waals surface area contributed by atoms with Gasteiger partial charge in [-0.05, 0) is 54.7 Å². The van der Waals surface area contributed by atoms with E-state index in [9.17, 15) is 14.4 Å². The van der Waals surface area contributed by atoms with Crippen molar-refractivity contribution in [2.24, 2.45) is 0 Å². The molecule has 4 aromatic rings. The second-order valence-corrected chi connectivity index (χ2v) is 10.7. The van der Waals surface area contributed by atoms with Crippen LogP contribution in [0.3, 0.4) is 0 Å². The molecule has 4 amide bonds. The molecule has 1 fully saturated rings. The van der Waals surface area contributed by atoms with Gasteiger partial charge in [0.15, 0.2) is 0 Å². The van der Waals surface area contributed by atoms with Crippen LogP contribution in [0.25, 0.3) is 10.2 Å². The van der Waals surface area contributed by atoms with E-state index in [1.54, 1.807) is 22.1 Å². The highest BCUT2D eigenvalue weighted by Crippen LogP contribution is 2.45. The van der Waals surface area contributed by atoms with Gasteiger partial charge in [0, 0.05) is 25.3 Å². The maximum absolute atomic E-state index is 13.4. The number of likely N-dealkylation sites (tertiary alicyclic amines) is 1. The summed E-state index contributed by atoms with van der Waals surface area (Å²) in [6.07, 6.45) is 5.34. The van der Waals surface area contributed by atoms with E-state index in [2.05, 4.69) is 34.3 Å². The lowest BCUT2D eigenvalue weighted by atomic mass is 10.0. The molecule has 2 aliphatic rings. The zero-order chi connectivity index (χ0) is 26.9. The molecule has 1 saturated heterocycles. The van der Waals surface area contributed by atoms with E-state index in [1.165, 1.54) is 23.0 Å². The quantitative estimate of drug-likeness (QED) is 0.319. The maximum Gasteiger partial charge on any atom is 0.331 e. The molecule has 4 heterocycles. The first-order valence-corrected chi connectivity index (χ1v) is 13.7. The number of aromatic nitrogens is 1. The minimum absolute atomic E-state index is 0.139. The highest BCUT2D eigenvalue weighted by molar-refractivity contribution is 7.21. The highest BCUT2D eigenvalue weighted by Gasteiger charge is 2.33. The summed E-state index contributed by atoms with van der Waals surface area (Å²) >= 11 is 1.25. The second-order valence-electron chi connectivity index (χ2n) is 9.71. The number of anilines is 3. The molecule has 6 rings (SSSR count). The van der Waals surface area contributed by atoms with Crippen LogP contribution in [0.2, 0.25) is 0 Å². The fourth-order valence-corrected chi connectivity index (χ4v) is 6.29. The zero-order valence-corrected chi connectivity index (χ0v) is 22.0. The average molecular weight is 538 g/mol. The molecule has 39 heavy (non-hydrogen) atoms. The Labute approximate surface area is 230 Å². The van der Waals surface area contributed by atoms with E-state index in [1.807, 2.05) is 42.5 Å². The summed E-state index contributed by atoms with van der Waals surface area (Å²) in [5.74, 6) is -0.420. The largest absolute Gasteiger partial charge is 0.347 e. The van der Waals surface area contributed by atoms with Crippen molar-refractivity contribution >= 4 is 56.5 Å². The van der Waals surface area contributed by atoms with Gasteiger partial charge in [-0.1, -0.05) is 49.0 Å². The predicted molar refractivity (Wildman–Crippen MR) is 154 cm³/mol. The summed E-state index contributed by atoms with van der Waals surface area (Å²) in [4.78, 5) is 47.7. The Morgan fingerprint density at radius 2 is 1.87 bits per heavy atom. The lowest BCUT2D eigenvalue weighted by Gasteiger charge is -2.32. The van der Waals surface area contributed by atoms with Gasteiger partial charge < -0.3 is 15.5 Å². The number of nitrogens with one attached hydrogen (secondary N) is 2. The van der Waals surface area contributed by atoms with E-state index in [4.69, 9.17) is 0 Å². The molecule has 0 radical (unpaired) electrons. The molecule has 0 bridgehead atoms. The molecule has 9 heteroatoms. The molecule has 2 aliphatic heterocycles. The van der Waals surface area contributed by atoms with Crippen LogP contribution in [0.1, 0.15) is 33.6 Å². The normalized spacial score (nSPS) is 16.6. The van der Waals surface area contributed by atoms with Gasteiger partial charge in [0.2, 0.25) is 5.91 Å². The van der Waals surface area contributed by atoms with Gasteiger partial charge in [0.25, 0.3) is 5.91 Å². The molecule has 0 aliphatic carbocycles. The van der Waals surface area contributed by atoms with Gasteiger partial charge in [-0.25, -0.2) is 9.78 Å². The molecular formula is C30H27N5O3S. The lowest BCUT2D eigenvalue weighted by Crippen LogP contribution is -2.49. The van der Waals surface area contributed by atoms with E-state index < -0.39 is 0 Å². The summed E-state index contributed by atoms with van der Waals surface area (Å²) in [5, 5.41) is 6.75. The Morgan fingerprint density at radius 1 is 1.10 bits per heavy atom. The van der Waals surface area contributed by atoms with E-state index >= 15 is 0 Å². The zero-order valence-electron chi connectivity index (χ0n) is 21.2. The van der Waals surface area contributed by atoms with Crippen molar-refractivity contribution in [1.29, 1.82) is 0 Å². The number of nitrogens with zero attached hydrogens (tertiary/aromatic N) is 3. The monoisotopic (exact) mass is 537 g/mol. The number of carbonyl (C=O) groups is 3. The topological polar surface area (TPSA) is 94.6 Å². The summed E-state index contributed by atoms with van der Waals surface area (Å²) in [6.45, 7) is 4.64. The van der Waals surface area contributed by atoms with Gasteiger partial charge in [-0.2, -0.15) is 0 Å². The Morgan fingerprint density at radius 3 is 2.64 bits per heavy atom. The first kappa shape index (κ1) is 24.8. The lowest BCUT2D eigenvalue weighted by molar-refractivity contribution is -0.127. The predicted octanol–water partition coefficient (Wildman–Crippen LogP) is 5.48. The number of carbonyl (C=O) groups excluding carboxylic acids is 3. The first-order chi connectivity index (χ1) is 19.0. The number of urea groups is 1. The van der Waals surface area contributed by atoms with Crippen LogP contribution in [-0.4, -0.2) is 46.9 Å². The third-order valence-electron chi connectivity index (χ3n) is 7.14. The fraction of sp³-hybridized carbons (Fsp3) is 0.200. The van der Waals surface area contributed by atoms with Crippen LogP contribution in [0.15, 0.2) is 79.5 Å². The third kappa shape index (κ3) is 4.77. The minimum Gasteiger partial charge on any atom is -0.347 e. The van der Waals surface area contributed by atoms with Crippen LogP contribution < -0.4 is 15.5 Å². The van der Waals surface area contributed by atoms with Crippen LogP contribution in [0, 0.1) is 0 Å². The number of benzene rings is 2.